The summed E-state index contributed by atoms with van der Waals surface area (Å²) in [4.78, 5) is 60.0. The van der Waals surface area contributed by atoms with Crippen LogP contribution in [0.2, 0.25) is 0 Å². The van der Waals surface area contributed by atoms with Crippen molar-refractivity contribution in [3.63, 3.8) is 0 Å². The van der Waals surface area contributed by atoms with Gasteiger partial charge in [0.25, 0.3) is 0 Å². The fourth-order valence-corrected chi connectivity index (χ4v) is 4.70. The molecule has 3 aliphatic rings. The van der Waals surface area contributed by atoms with Crippen molar-refractivity contribution in [2.75, 3.05) is 0 Å². The van der Waals surface area contributed by atoms with Gasteiger partial charge < -0.3 is 34.3 Å². The van der Waals surface area contributed by atoms with Gasteiger partial charge in [0.2, 0.25) is 5.78 Å². The molecule has 0 spiro atoms. The summed E-state index contributed by atoms with van der Waals surface area (Å²) in [5.74, 6) is 7.10. The number of aliphatic carboxylic acids is 1. The molecule has 0 aromatic rings. The number of hydrogen-bond acceptors (Lipinski definition) is 11. The molecule has 0 amide bonds. The van der Waals surface area contributed by atoms with Crippen LogP contribution in [-0.4, -0.2) is 87.7 Å². The zero-order chi connectivity index (χ0) is 35.7. The Bertz CT molecular complexity index is 1630. The van der Waals surface area contributed by atoms with E-state index in [1.54, 1.807) is 12.2 Å². The van der Waals surface area contributed by atoms with Crippen LogP contribution in [0.25, 0.3) is 0 Å². The standard InChI is InChI=1S/C36H38O12/c1-19(9-7-11-21(3)35(42)43)13-15-25-17-27(45-23(5)37)31(41)33(29(25)39)48-36(44)22(4)12-8-10-20(2)14-16-26-18-28(46-24(6)38)32-34(47-32)30(26)40/h11-12,17-18,27-28,30-34,40-41H,1-2,7-10H2,3-6H3,(H,42,43). The molecule has 254 valence electrons. The third-order valence-corrected chi connectivity index (χ3v) is 7.41. The third kappa shape index (κ3) is 10.5. The number of carbonyl (C=O) groups is 5. The van der Waals surface area contributed by atoms with Crippen molar-refractivity contribution in [1.29, 1.82) is 0 Å². The summed E-state index contributed by atoms with van der Waals surface area (Å²) in [5.41, 5.74) is 1.39. The maximum atomic E-state index is 13.2. The maximum absolute atomic E-state index is 13.2. The predicted molar refractivity (Wildman–Crippen MR) is 170 cm³/mol. The number of fused-ring (bicyclic) bond motifs is 1. The fourth-order valence-electron chi connectivity index (χ4n) is 4.70. The molecule has 0 aromatic heterocycles. The van der Waals surface area contributed by atoms with E-state index in [0.717, 1.165) is 6.92 Å². The van der Waals surface area contributed by atoms with E-state index >= 15 is 0 Å². The highest BCUT2D eigenvalue weighted by molar-refractivity contribution is 6.05. The fraction of sp³-hybridized carbons (Fsp3) is 0.417. The smallest absolute Gasteiger partial charge is 0.334 e. The predicted octanol–water partition coefficient (Wildman–Crippen LogP) is 2.36. The number of aliphatic hydroxyl groups excluding tert-OH is 2. The van der Waals surface area contributed by atoms with Gasteiger partial charge in [0.15, 0.2) is 12.2 Å². The first-order valence-corrected chi connectivity index (χ1v) is 15.1. The molecule has 0 bridgehead atoms. The zero-order valence-electron chi connectivity index (χ0n) is 27.1. The van der Waals surface area contributed by atoms with Crippen molar-refractivity contribution >= 4 is 29.7 Å². The average Bonchev–Trinajstić information content (AvgIpc) is 3.82. The van der Waals surface area contributed by atoms with Gasteiger partial charge in [0.1, 0.15) is 30.5 Å². The summed E-state index contributed by atoms with van der Waals surface area (Å²) >= 11 is 0. The highest BCUT2D eigenvalue weighted by Crippen LogP contribution is 2.38. The molecule has 7 atom stereocenters. The van der Waals surface area contributed by atoms with Gasteiger partial charge in [-0.05, 0) is 62.8 Å². The molecular weight excluding hydrogens is 624 g/mol. The number of Topliss-reactive ketones (excluding diaryl/α,β-unsaturated/α-hetero) is 1. The Hall–Kier alpha value is -5.01. The Morgan fingerprint density at radius 1 is 0.833 bits per heavy atom. The maximum Gasteiger partial charge on any atom is 0.334 e. The van der Waals surface area contributed by atoms with Crippen LogP contribution in [-0.2, 0) is 42.9 Å². The number of rotatable bonds is 11. The third-order valence-electron chi connectivity index (χ3n) is 7.41. The summed E-state index contributed by atoms with van der Waals surface area (Å²) in [5, 5.41) is 30.1. The average molecular weight is 663 g/mol. The monoisotopic (exact) mass is 662 g/mol. The molecule has 0 saturated carbocycles. The number of carbonyl (C=O) groups excluding carboxylic acids is 4. The van der Waals surface area contributed by atoms with Crippen molar-refractivity contribution in [3.8, 4) is 23.7 Å². The number of ketones is 1. The molecule has 48 heavy (non-hydrogen) atoms. The SMILES string of the molecule is C=C(C#CC1=CC(OC(C)=O)C(O)C(OC(=O)C(C)=CCCC(=C)C#CC2=CC(OC(C)=O)C3OC3C2O)C1=O)CCC=C(C)C(=O)O. The number of ether oxygens (including phenoxy) is 4. The Balaban J connectivity index is 1.62. The molecule has 0 aromatic carbocycles. The normalized spacial score (nSPS) is 26.1. The molecule has 1 aliphatic heterocycles. The number of aliphatic hydroxyl groups is 2. The molecule has 3 rings (SSSR count). The van der Waals surface area contributed by atoms with Crippen LogP contribution >= 0.6 is 0 Å². The topological polar surface area (TPSA) is 186 Å². The molecule has 3 N–H and O–H groups in total. The molecule has 7 unspecified atom stereocenters. The highest BCUT2D eigenvalue weighted by Gasteiger charge is 2.54. The van der Waals surface area contributed by atoms with Crippen LogP contribution in [0.15, 0.2) is 70.9 Å². The number of carboxylic acid groups (broad SMARTS) is 1. The molecule has 1 heterocycles. The lowest BCUT2D eigenvalue weighted by atomic mass is 9.90. The second-order valence-electron chi connectivity index (χ2n) is 11.4. The van der Waals surface area contributed by atoms with E-state index in [1.165, 1.54) is 32.9 Å². The van der Waals surface area contributed by atoms with Crippen LogP contribution in [0, 0.1) is 23.7 Å². The van der Waals surface area contributed by atoms with E-state index in [0.29, 0.717) is 42.4 Å². The lowest BCUT2D eigenvalue weighted by molar-refractivity contribution is -0.168. The minimum atomic E-state index is -1.71. The van der Waals surface area contributed by atoms with Gasteiger partial charge in [-0.25, -0.2) is 9.59 Å². The van der Waals surface area contributed by atoms with Gasteiger partial charge in [-0.15, -0.1) is 0 Å². The summed E-state index contributed by atoms with van der Waals surface area (Å²) < 4.78 is 21.1. The Morgan fingerprint density at radius 2 is 1.40 bits per heavy atom. The second kappa shape index (κ2) is 16.7. The van der Waals surface area contributed by atoms with E-state index in [2.05, 4.69) is 36.8 Å². The number of carboxylic acids is 1. The van der Waals surface area contributed by atoms with E-state index < -0.39 is 72.4 Å². The molecule has 1 fully saturated rings. The molecule has 0 radical (unpaired) electrons. The lowest BCUT2D eigenvalue weighted by Gasteiger charge is -2.30. The van der Waals surface area contributed by atoms with E-state index in [9.17, 15) is 34.2 Å². The number of hydrogen-bond donors (Lipinski definition) is 3. The van der Waals surface area contributed by atoms with E-state index in [4.69, 9.17) is 24.1 Å². The Kier molecular flexibility index (Phi) is 13.0. The Morgan fingerprint density at radius 3 is 1.98 bits per heavy atom. The van der Waals surface area contributed by atoms with Crippen molar-refractivity contribution in [1.82, 2.24) is 0 Å². The van der Waals surface area contributed by atoms with Gasteiger partial charge in [0, 0.05) is 30.6 Å². The summed E-state index contributed by atoms with van der Waals surface area (Å²) in [6.45, 7) is 13.0. The zero-order valence-corrected chi connectivity index (χ0v) is 27.1. The minimum absolute atomic E-state index is 0.131. The molecule has 2 aliphatic carbocycles. The number of allylic oxidation sites excluding steroid dienone is 4. The van der Waals surface area contributed by atoms with Crippen LogP contribution in [0.4, 0.5) is 0 Å². The van der Waals surface area contributed by atoms with Gasteiger partial charge in [-0.3, -0.25) is 14.4 Å². The minimum Gasteiger partial charge on any atom is -0.478 e. The van der Waals surface area contributed by atoms with Gasteiger partial charge >= 0.3 is 23.9 Å². The lowest BCUT2D eigenvalue weighted by Crippen LogP contribution is -2.49. The molecule has 12 heteroatoms. The van der Waals surface area contributed by atoms with Crippen molar-refractivity contribution in [3.05, 3.63) is 70.9 Å². The van der Waals surface area contributed by atoms with Crippen molar-refractivity contribution in [2.24, 2.45) is 0 Å². The summed E-state index contributed by atoms with van der Waals surface area (Å²) in [6.07, 6.45) is -0.0508. The second-order valence-corrected chi connectivity index (χ2v) is 11.4. The summed E-state index contributed by atoms with van der Waals surface area (Å²) in [6, 6.07) is 0. The first-order chi connectivity index (χ1) is 22.6. The van der Waals surface area contributed by atoms with Crippen LogP contribution < -0.4 is 0 Å². The van der Waals surface area contributed by atoms with Gasteiger partial charge in [-0.2, -0.15) is 0 Å². The quantitative estimate of drug-likeness (QED) is 0.0966. The summed E-state index contributed by atoms with van der Waals surface area (Å²) in [7, 11) is 0. The Labute approximate surface area is 278 Å². The number of epoxide rings is 1. The highest BCUT2D eigenvalue weighted by atomic mass is 16.6. The molecule has 12 nitrogen and oxygen atoms in total. The molecule has 1 saturated heterocycles. The van der Waals surface area contributed by atoms with Crippen LogP contribution in [0.5, 0.6) is 0 Å². The van der Waals surface area contributed by atoms with Crippen molar-refractivity contribution < 1.29 is 58.2 Å². The van der Waals surface area contributed by atoms with Gasteiger partial charge in [-0.1, -0.05) is 49.0 Å². The number of esters is 3. The van der Waals surface area contributed by atoms with Gasteiger partial charge in [0.05, 0.1) is 5.57 Å². The van der Waals surface area contributed by atoms with E-state index in [-0.39, 0.29) is 16.7 Å². The van der Waals surface area contributed by atoms with Crippen molar-refractivity contribution in [2.45, 2.75) is 96.1 Å². The van der Waals surface area contributed by atoms with E-state index in [1.807, 2.05) is 0 Å². The first-order valence-electron chi connectivity index (χ1n) is 15.1. The largest absolute Gasteiger partial charge is 0.478 e. The van der Waals surface area contributed by atoms with Crippen LogP contribution in [0.1, 0.15) is 53.4 Å². The van der Waals surface area contributed by atoms with Crippen LogP contribution in [0.3, 0.4) is 0 Å². The molecular formula is C36H38O12. The first kappa shape index (κ1) is 37.4.